The van der Waals surface area contributed by atoms with Crippen LogP contribution in [0.15, 0.2) is 194 Å². The number of hydrogen-bond acceptors (Lipinski definition) is 2. The highest BCUT2D eigenvalue weighted by atomic mass is 31.1. The van der Waals surface area contributed by atoms with Crippen molar-refractivity contribution >= 4 is 89.3 Å². The summed E-state index contributed by atoms with van der Waals surface area (Å²) >= 11 is 0. The zero-order valence-electron chi connectivity index (χ0n) is 32.1. The average molecular weight is 786 g/mol. The first-order valence-electron chi connectivity index (χ1n) is 20.3. The Morgan fingerprint density at radius 2 is 0.567 bits per heavy atom. The Labute approximate surface area is 345 Å². The second-order valence-corrected chi connectivity index (χ2v) is 17.8. The van der Waals surface area contributed by atoms with E-state index in [4.69, 9.17) is 9.47 Å². The Bertz CT molecular complexity index is 3470. The molecule has 0 N–H and O–H groups in total. The molecule has 0 spiro atoms. The number of fused-ring (bicyclic) bond motifs is 13. The monoisotopic (exact) mass is 785 g/mol. The minimum Gasteiger partial charge on any atom is -0.456 e. The van der Waals surface area contributed by atoms with Gasteiger partial charge in [-0.15, -0.1) is 0 Å². The minimum absolute atomic E-state index is 0.833. The van der Waals surface area contributed by atoms with Crippen LogP contribution in [0.4, 0.5) is 0 Å². The third kappa shape index (κ3) is 4.34. The van der Waals surface area contributed by atoms with E-state index < -0.39 is 7.92 Å². The van der Waals surface area contributed by atoms with Crippen LogP contribution in [-0.2, 0) is 0 Å². The van der Waals surface area contributed by atoms with Crippen LogP contribution in [0.3, 0.4) is 0 Å². The zero-order chi connectivity index (χ0) is 39.1. The first-order valence-corrected chi connectivity index (χ1v) is 21.7. The van der Waals surface area contributed by atoms with Gasteiger partial charge in [0.05, 0.1) is 44.1 Å². The van der Waals surface area contributed by atoms with Crippen molar-refractivity contribution in [2.45, 2.75) is 0 Å². The molecule has 0 bridgehead atoms. The first kappa shape index (κ1) is 32.4. The van der Waals surface area contributed by atoms with Crippen molar-refractivity contribution in [2.24, 2.45) is 0 Å². The highest BCUT2D eigenvalue weighted by Gasteiger charge is 2.38. The van der Waals surface area contributed by atoms with Gasteiger partial charge in [-0.25, -0.2) is 0 Å². The molecule has 0 saturated carbocycles. The van der Waals surface area contributed by atoms with Crippen molar-refractivity contribution in [2.75, 3.05) is 0 Å². The van der Waals surface area contributed by atoms with Gasteiger partial charge in [0.1, 0.15) is 23.0 Å². The normalized spacial score (nSPS) is 13.2. The molecule has 2 aliphatic rings. The van der Waals surface area contributed by atoms with Crippen molar-refractivity contribution in [3.8, 4) is 40.1 Å². The number of rotatable bonds is 3. The van der Waals surface area contributed by atoms with Gasteiger partial charge in [0.25, 0.3) is 0 Å². The number of hydrogen-bond donors (Lipinski definition) is 0. The van der Waals surface area contributed by atoms with Crippen LogP contribution >= 0.6 is 7.92 Å². The fourth-order valence-corrected chi connectivity index (χ4v) is 12.6. The smallest absolute Gasteiger partial charge is 0.141 e. The molecule has 0 aliphatic carbocycles. The summed E-state index contributed by atoms with van der Waals surface area (Å²) in [4.78, 5) is 0. The van der Waals surface area contributed by atoms with Crippen molar-refractivity contribution < 1.29 is 9.47 Å². The fourth-order valence-electron chi connectivity index (χ4n) is 10.1. The molecule has 0 saturated heterocycles. The number of benzene rings is 9. The average Bonchev–Trinajstić information content (AvgIpc) is 3.94. The molecule has 0 atom stereocenters. The van der Waals surface area contributed by atoms with Crippen molar-refractivity contribution in [3.63, 3.8) is 0 Å². The van der Waals surface area contributed by atoms with Crippen LogP contribution in [0.25, 0.3) is 82.5 Å². The lowest BCUT2D eigenvalue weighted by molar-refractivity contribution is 0.466. The molecule has 14 rings (SSSR count). The summed E-state index contributed by atoms with van der Waals surface area (Å²) in [5.74, 6) is 3.41. The molecule has 5 heterocycles. The topological polar surface area (TPSA) is 33.2 Å². The van der Waals surface area contributed by atoms with Gasteiger partial charge in [0, 0.05) is 86.5 Å². The summed E-state index contributed by atoms with van der Waals surface area (Å²) in [6, 6.07) is 70.0. The predicted octanol–water partition coefficient (Wildman–Crippen LogP) is 12.9. The van der Waals surface area contributed by atoms with Crippen LogP contribution in [0.5, 0.6) is 23.0 Å². The zero-order valence-corrected chi connectivity index (χ0v) is 33.0. The molecule has 0 radical (unpaired) electrons. The maximum absolute atomic E-state index is 7.15. The van der Waals surface area contributed by atoms with E-state index in [1.54, 1.807) is 0 Å². The van der Waals surface area contributed by atoms with Gasteiger partial charge in [-0.05, 0) is 60.7 Å². The lowest BCUT2D eigenvalue weighted by Gasteiger charge is -2.35. The second-order valence-electron chi connectivity index (χ2n) is 15.7. The molecule has 6 heteroatoms. The molecule has 9 aromatic carbocycles. The van der Waals surface area contributed by atoms with Crippen molar-refractivity contribution in [1.29, 1.82) is 0 Å². The Kier molecular flexibility index (Phi) is 6.47. The summed E-state index contributed by atoms with van der Waals surface area (Å²) in [6.07, 6.45) is 0. The lowest BCUT2D eigenvalue weighted by atomic mass is 10.2. The van der Waals surface area contributed by atoms with Gasteiger partial charge in [-0.3, -0.25) is 0 Å². The number of aromatic nitrogens is 3. The number of nitrogens with zero attached hydrogens (tertiary/aromatic N) is 3. The molecular weight excluding hydrogens is 754 g/mol. The predicted molar refractivity (Wildman–Crippen MR) is 248 cm³/mol. The highest BCUT2D eigenvalue weighted by molar-refractivity contribution is 7.80. The van der Waals surface area contributed by atoms with Gasteiger partial charge >= 0.3 is 0 Å². The Morgan fingerprint density at radius 3 is 0.900 bits per heavy atom. The van der Waals surface area contributed by atoms with E-state index in [1.807, 2.05) is 0 Å². The SMILES string of the molecule is c1ccc2c(c1)c1ccccc1n2-c1ccc2c(c1)Oc1cc(-n3c4ccccc4c4ccccc43)cc3c1P2c1ccc(-n2c4ccccc4c4ccccc42)cc1O3. The van der Waals surface area contributed by atoms with Gasteiger partial charge in [0.2, 0.25) is 0 Å². The summed E-state index contributed by atoms with van der Waals surface area (Å²) in [7, 11) is -1.05. The van der Waals surface area contributed by atoms with Crippen LogP contribution in [0.2, 0.25) is 0 Å². The molecule has 0 fully saturated rings. The van der Waals surface area contributed by atoms with E-state index in [9.17, 15) is 0 Å². The lowest BCUT2D eigenvalue weighted by Crippen LogP contribution is -2.32. The maximum atomic E-state index is 7.15. The fraction of sp³-hybridized carbons (Fsp3) is 0. The molecule has 2 aliphatic heterocycles. The van der Waals surface area contributed by atoms with Crippen LogP contribution < -0.4 is 25.4 Å². The van der Waals surface area contributed by atoms with E-state index in [2.05, 4.69) is 208 Å². The molecule has 3 aromatic heterocycles. The van der Waals surface area contributed by atoms with Crippen LogP contribution in [0.1, 0.15) is 0 Å². The van der Waals surface area contributed by atoms with Gasteiger partial charge in [-0.1, -0.05) is 109 Å². The molecule has 0 unspecified atom stereocenters. The van der Waals surface area contributed by atoms with E-state index >= 15 is 0 Å². The molecular formula is C54H32N3O2P. The largest absolute Gasteiger partial charge is 0.456 e. The molecule has 12 aromatic rings. The third-order valence-corrected chi connectivity index (χ3v) is 15.2. The first-order chi connectivity index (χ1) is 29.8. The quantitative estimate of drug-likeness (QED) is 0.167. The Balaban J connectivity index is 1.02. The Hall–Kier alpha value is -7.59. The molecule has 0 amide bonds. The summed E-state index contributed by atoms with van der Waals surface area (Å²) < 4.78 is 21.4. The number of para-hydroxylation sites is 6. The maximum Gasteiger partial charge on any atom is 0.141 e. The second kappa shape index (κ2) is 12.0. The van der Waals surface area contributed by atoms with Crippen LogP contribution in [-0.4, -0.2) is 13.7 Å². The van der Waals surface area contributed by atoms with Gasteiger partial charge in [-0.2, -0.15) is 0 Å². The Morgan fingerprint density at radius 1 is 0.283 bits per heavy atom. The van der Waals surface area contributed by atoms with Crippen molar-refractivity contribution in [1.82, 2.24) is 13.7 Å². The summed E-state index contributed by atoms with van der Waals surface area (Å²) in [5, 5.41) is 10.8. The summed E-state index contributed by atoms with van der Waals surface area (Å²) in [5.41, 5.74) is 10.1. The minimum atomic E-state index is -1.05. The number of ether oxygens (including phenoxy) is 2. The van der Waals surface area contributed by atoms with E-state index in [0.717, 1.165) is 56.4 Å². The van der Waals surface area contributed by atoms with E-state index in [0.29, 0.717) is 0 Å². The van der Waals surface area contributed by atoms with Crippen molar-refractivity contribution in [3.05, 3.63) is 194 Å². The standard InChI is InChI=1S/C54H32N3O2P/c1-7-19-42-36(13-1)37-14-2-8-20-43(37)55(42)33-25-27-52-48(29-33)58-50-31-35(57-46-23-11-5-17-40(46)41-18-6-12-24-47(41)57)32-51-54(50)60(52)53-28-26-34(30-49(53)59-51)56-44-21-9-3-15-38(44)39-16-4-10-22-45(39)56/h1-32H. The van der Waals surface area contributed by atoms with E-state index in [1.165, 1.54) is 65.0 Å². The van der Waals surface area contributed by atoms with Gasteiger partial charge in [0.15, 0.2) is 0 Å². The summed E-state index contributed by atoms with van der Waals surface area (Å²) in [6.45, 7) is 0. The highest BCUT2D eigenvalue weighted by Crippen LogP contribution is 2.54. The molecule has 5 nitrogen and oxygen atoms in total. The van der Waals surface area contributed by atoms with Gasteiger partial charge < -0.3 is 23.2 Å². The molecule has 280 valence electrons. The molecule has 60 heavy (non-hydrogen) atoms. The van der Waals surface area contributed by atoms with Crippen LogP contribution in [0, 0.1) is 0 Å². The third-order valence-electron chi connectivity index (χ3n) is 12.6. The van der Waals surface area contributed by atoms with E-state index in [-0.39, 0.29) is 0 Å².